The third-order valence-electron chi connectivity index (χ3n) is 6.60. The van der Waals surface area contributed by atoms with E-state index in [-0.39, 0.29) is 6.10 Å². The third-order valence-corrected chi connectivity index (χ3v) is 6.60. The highest BCUT2D eigenvalue weighted by Crippen LogP contribution is 2.71. The zero-order valence-electron chi connectivity index (χ0n) is 11.2. The molecule has 0 radical (unpaired) electrons. The Morgan fingerprint density at radius 2 is 1.95 bits per heavy atom. The molecule has 6 atom stereocenters. The quantitative estimate of drug-likeness (QED) is 0.881. The minimum Gasteiger partial charge on any atom is -0.392 e. The van der Waals surface area contributed by atoms with Gasteiger partial charge in [0, 0.05) is 17.8 Å². The molecule has 0 aromatic carbocycles. The van der Waals surface area contributed by atoms with E-state index in [1.54, 1.807) is 0 Å². The molecule has 2 heteroatoms. The number of aryl methyl sites for hydroxylation is 1. The van der Waals surface area contributed by atoms with E-state index in [0.29, 0.717) is 11.8 Å². The summed E-state index contributed by atoms with van der Waals surface area (Å²) < 4.78 is 0. The summed E-state index contributed by atoms with van der Waals surface area (Å²) in [5, 5.41) is 10.9. The van der Waals surface area contributed by atoms with Crippen molar-refractivity contribution in [1.29, 1.82) is 0 Å². The maximum absolute atomic E-state index is 10.9. The first-order chi connectivity index (χ1) is 9.34. The van der Waals surface area contributed by atoms with Gasteiger partial charge in [-0.25, -0.2) is 0 Å². The van der Waals surface area contributed by atoms with Crippen LogP contribution < -0.4 is 0 Å². The van der Waals surface area contributed by atoms with Gasteiger partial charge in [-0.2, -0.15) is 0 Å². The van der Waals surface area contributed by atoms with Crippen molar-refractivity contribution in [3.05, 3.63) is 29.6 Å². The summed E-state index contributed by atoms with van der Waals surface area (Å²) in [7, 11) is 0. The van der Waals surface area contributed by atoms with E-state index in [2.05, 4.69) is 11.1 Å². The van der Waals surface area contributed by atoms with Crippen LogP contribution in [0.25, 0.3) is 0 Å². The Balaban J connectivity index is 1.41. The van der Waals surface area contributed by atoms with E-state index in [9.17, 15) is 5.11 Å². The SMILES string of the molecule is OC(C1CCc2cccnc21)C1C2C3CCC(C3)C21. The Kier molecular flexibility index (Phi) is 2.06. The number of hydrogen-bond donors (Lipinski definition) is 1. The first kappa shape index (κ1) is 10.8. The van der Waals surface area contributed by atoms with Crippen LogP contribution in [-0.4, -0.2) is 16.2 Å². The molecule has 0 saturated heterocycles. The summed E-state index contributed by atoms with van der Waals surface area (Å²) in [6.07, 6.45) is 8.34. The molecule has 2 nitrogen and oxygen atoms in total. The molecule has 4 aliphatic carbocycles. The largest absolute Gasteiger partial charge is 0.392 e. The van der Waals surface area contributed by atoms with Crippen molar-refractivity contribution in [3.63, 3.8) is 0 Å². The number of aromatic nitrogens is 1. The number of fused-ring (bicyclic) bond motifs is 6. The van der Waals surface area contributed by atoms with E-state index in [0.717, 1.165) is 36.5 Å². The first-order valence-corrected chi connectivity index (χ1v) is 7.96. The van der Waals surface area contributed by atoms with Crippen LogP contribution in [0.3, 0.4) is 0 Å². The minimum atomic E-state index is -0.116. The number of pyridine rings is 1. The van der Waals surface area contributed by atoms with Gasteiger partial charge in [0.1, 0.15) is 0 Å². The van der Waals surface area contributed by atoms with Crippen LogP contribution in [0.5, 0.6) is 0 Å². The van der Waals surface area contributed by atoms with Gasteiger partial charge in [-0.1, -0.05) is 6.07 Å². The number of rotatable bonds is 2. The fraction of sp³-hybridized carbons (Fsp3) is 0.706. The molecule has 0 spiro atoms. The minimum absolute atomic E-state index is 0.116. The zero-order chi connectivity index (χ0) is 12.6. The molecule has 100 valence electrons. The Labute approximate surface area is 114 Å². The van der Waals surface area contributed by atoms with Crippen molar-refractivity contribution in [2.24, 2.45) is 29.6 Å². The second kappa shape index (κ2) is 3.60. The Morgan fingerprint density at radius 1 is 1.16 bits per heavy atom. The van der Waals surface area contributed by atoms with Gasteiger partial charge in [-0.15, -0.1) is 0 Å². The summed E-state index contributed by atoms with van der Waals surface area (Å²) in [5.74, 6) is 4.61. The maximum atomic E-state index is 10.9. The average Bonchev–Trinajstić information content (AvgIpc) is 2.82. The second-order valence-corrected chi connectivity index (χ2v) is 7.25. The lowest BCUT2D eigenvalue weighted by atomic mass is 9.90. The topological polar surface area (TPSA) is 33.1 Å². The van der Waals surface area contributed by atoms with Crippen molar-refractivity contribution < 1.29 is 5.11 Å². The third kappa shape index (κ3) is 1.33. The average molecular weight is 255 g/mol. The van der Waals surface area contributed by atoms with E-state index in [1.807, 2.05) is 12.3 Å². The molecule has 1 heterocycles. The lowest BCUT2D eigenvalue weighted by Crippen LogP contribution is -2.23. The molecule has 4 aliphatic rings. The van der Waals surface area contributed by atoms with Crippen molar-refractivity contribution in [2.75, 3.05) is 0 Å². The molecule has 3 fully saturated rings. The van der Waals surface area contributed by atoms with Gasteiger partial charge in [-0.3, -0.25) is 4.98 Å². The summed E-state index contributed by atoms with van der Waals surface area (Å²) in [4.78, 5) is 4.56. The van der Waals surface area contributed by atoms with Gasteiger partial charge >= 0.3 is 0 Å². The van der Waals surface area contributed by atoms with Crippen LogP contribution in [0.4, 0.5) is 0 Å². The van der Waals surface area contributed by atoms with Gasteiger partial charge in [0.2, 0.25) is 0 Å². The van der Waals surface area contributed by atoms with Gasteiger partial charge < -0.3 is 5.11 Å². The Hall–Kier alpha value is -0.890. The van der Waals surface area contributed by atoms with Crippen molar-refractivity contribution in [2.45, 2.75) is 44.1 Å². The Morgan fingerprint density at radius 3 is 2.74 bits per heavy atom. The molecule has 1 aromatic rings. The predicted octanol–water partition coefficient (Wildman–Crippen LogP) is 2.76. The molecule has 3 saturated carbocycles. The summed E-state index contributed by atoms with van der Waals surface area (Å²) in [6.45, 7) is 0. The standard InChI is InChI=1S/C17H21NO/c19-17(12-6-5-9-2-1-7-18-16(9)12)15-13-10-3-4-11(8-10)14(13)15/h1-2,7,10-15,17,19H,3-6,8H2. The van der Waals surface area contributed by atoms with Gasteiger partial charge in [-0.05, 0) is 73.3 Å². The molecular weight excluding hydrogens is 234 g/mol. The highest BCUT2D eigenvalue weighted by molar-refractivity contribution is 5.31. The second-order valence-electron chi connectivity index (χ2n) is 7.25. The number of hydrogen-bond acceptors (Lipinski definition) is 2. The highest BCUT2D eigenvalue weighted by Gasteiger charge is 2.67. The molecule has 6 unspecified atom stereocenters. The molecule has 1 N–H and O–H groups in total. The highest BCUT2D eigenvalue weighted by atomic mass is 16.3. The van der Waals surface area contributed by atoms with E-state index in [4.69, 9.17) is 0 Å². The van der Waals surface area contributed by atoms with E-state index < -0.39 is 0 Å². The molecule has 19 heavy (non-hydrogen) atoms. The maximum Gasteiger partial charge on any atom is 0.0657 e. The number of nitrogens with zero attached hydrogens (tertiary/aromatic N) is 1. The van der Waals surface area contributed by atoms with Crippen LogP contribution in [0.15, 0.2) is 18.3 Å². The smallest absolute Gasteiger partial charge is 0.0657 e. The molecule has 0 aliphatic heterocycles. The van der Waals surface area contributed by atoms with E-state index in [1.165, 1.54) is 30.5 Å². The van der Waals surface area contributed by atoms with Crippen LogP contribution in [0.2, 0.25) is 0 Å². The molecule has 5 rings (SSSR count). The van der Waals surface area contributed by atoms with Crippen LogP contribution >= 0.6 is 0 Å². The van der Waals surface area contributed by atoms with Crippen LogP contribution in [-0.2, 0) is 6.42 Å². The number of aliphatic hydroxyl groups excluding tert-OH is 1. The summed E-state index contributed by atoms with van der Waals surface area (Å²) in [5.41, 5.74) is 2.58. The lowest BCUT2D eigenvalue weighted by Gasteiger charge is -2.21. The fourth-order valence-corrected chi connectivity index (χ4v) is 5.89. The normalized spacial score (nSPS) is 47.0. The lowest BCUT2D eigenvalue weighted by molar-refractivity contribution is 0.0988. The molecular formula is C17H21NO. The van der Waals surface area contributed by atoms with Crippen molar-refractivity contribution in [1.82, 2.24) is 4.98 Å². The number of aliphatic hydroxyl groups is 1. The molecule has 0 amide bonds. The zero-order valence-corrected chi connectivity index (χ0v) is 11.2. The van der Waals surface area contributed by atoms with Crippen LogP contribution in [0, 0.1) is 29.6 Å². The van der Waals surface area contributed by atoms with Crippen LogP contribution in [0.1, 0.15) is 42.9 Å². The van der Waals surface area contributed by atoms with Gasteiger partial charge in [0.25, 0.3) is 0 Å². The Bertz CT molecular complexity index is 512. The van der Waals surface area contributed by atoms with Gasteiger partial charge in [0.15, 0.2) is 0 Å². The van der Waals surface area contributed by atoms with E-state index >= 15 is 0 Å². The monoisotopic (exact) mass is 255 g/mol. The first-order valence-electron chi connectivity index (χ1n) is 7.96. The summed E-state index contributed by atoms with van der Waals surface area (Å²) >= 11 is 0. The predicted molar refractivity (Wildman–Crippen MR) is 72.6 cm³/mol. The van der Waals surface area contributed by atoms with Crippen molar-refractivity contribution in [3.8, 4) is 0 Å². The molecule has 2 bridgehead atoms. The van der Waals surface area contributed by atoms with Crippen molar-refractivity contribution >= 4 is 0 Å². The van der Waals surface area contributed by atoms with Gasteiger partial charge in [0.05, 0.1) is 6.10 Å². The summed E-state index contributed by atoms with van der Waals surface area (Å²) in [6, 6.07) is 4.21. The molecule has 1 aromatic heterocycles. The fourth-order valence-electron chi connectivity index (χ4n) is 5.89.